The number of carbonyl (C=O) groups is 1. The summed E-state index contributed by atoms with van der Waals surface area (Å²) in [4.78, 5) is 16.5. The third-order valence-electron chi connectivity index (χ3n) is 4.93. The summed E-state index contributed by atoms with van der Waals surface area (Å²) in [6.45, 7) is 5.47. The molecule has 0 N–H and O–H groups in total. The number of esters is 1. The van der Waals surface area contributed by atoms with Crippen molar-refractivity contribution < 1.29 is 23.4 Å². The summed E-state index contributed by atoms with van der Waals surface area (Å²) in [5, 5.41) is 0.837. The van der Waals surface area contributed by atoms with Crippen LogP contribution in [0.4, 0.5) is 0 Å². The van der Waals surface area contributed by atoms with Crippen LogP contribution in [0.25, 0.3) is 11.1 Å². The quantitative estimate of drug-likeness (QED) is 0.595. The average molecular weight is 359 g/mol. The highest BCUT2D eigenvalue weighted by molar-refractivity contribution is 5.83. The summed E-state index contributed by atoms with van der Waals surface area (Å²) < 4.78 is 22.9. The van der Waals surface area contributed by atoms with Gasteiger partial charge in [-0.3, -0.25) is 4.79 Å². The van der Waals surface area contributed by atoms with E-state index in [1.54, 1.807) is 20.5 Å². The molecule has 6 heteroatoms. The van der Waals surface area contributed by atoms with Gasteiger partial charge in [0, 0.05) is 26.0 Å². The lowest BCUT2D eigenvalue weighted by atomic mass is 9.77. The van der Waals surface area contributed by atoms with Crippen LogP contribution < -0.4 is 4.74 Å². The molecule has 2 atom stereocenters. The minimum Gasteiger partial charge on any atom is -0.496 e. The molecule has 0 aromatic carbocycles. The molecule has 0 amide bonds. The second kappa shape index (κ2) is 7.11. The largest absolute Gasteiger partial charge is 0.496 e. The first-order valence-corrected chi connectivity index (χ1v) is 8.73. The van der Waals surface area contributed by atoms with Gasteiger partial charge < -0.3 is 18.6 Å². The van der Waals surface area contributed by atoms with Crippen molar-refractivity contribution in [2.45, 2.75) is 51.7 Å². The Bertz CT molecular complexity index is 849. The lowest BCUT2D eigenvalue weighted by Crippen LogP contribution is -2.48. The van der Waals surface area contributed by atoms with Gasteiger partial charge in [0.25, 0.3) is 0 Å². The number of allylic oxidation sites excluding steroid dienone is 1. The molecule has 0 saturated carbocycles. The Morgan fingerprint density at radius 1 is 1.38 bits per heavy atom. The van der Waals surface area contributed by atoms with Gasteiger partial charge in [-0.2, -0.15) is 0 Å². The molecule has 2 aromatic rings. The molecule has 1 aliphatic rings. The average Bonchev–Trinajstić information content (AvgIpc) is 3.06. The number of fused-ring (bicyclic) bond motifs is 2. The zero-order valence-corrected chi connectivity index (χ0v) is 15.9. The van der Waals surface area contributed by atoms with E-state index in [-0.39, 0.29) is 5.97 Å². The predicted octanol–water partition coefficient (Wildman–Crippen LogP) is 3.91. The maximum atomic E-state index is 11.7. The molecule has 0 saturated heterocycles. The Morgan fingerprint density at radius 3 is 2.77 bits per heavy atom. The van der Waals surface area contributed by atoms with Crippen molar-refractivity contribution in [3.63, 3.8) is 0 Å². The van der Waals surface area contributed by atoms with Gasteiger partial charge in [-0.05, 0) is 32.8 Å². The Balaban J connectivity index is 2.25. The first kappa shape index (κ1) is 18.5. The Hall–Kier alpha value is -2.34. The Labute approximate surface area is 153 Å². The van der Waals surface area contributed by atoms with Gasteiger partial charge in [0.1, 0.15) is 11.9 Å². The smallest absolute Gasteiger partial charge is 0.303 e. The topological polar surface area (TPSA) is 70.8 Å². The lowest BCUT2D eigenvalue weighted by molar-refractivity contribution is -0.173. The zero-order chi connectivity index (χ0) is 18.9. The van der Waals surface area contributed by atoms with Crippen LogP contribution in [-0.2, 0) is 26.3 Å². The summed E-state index contributed by atoms with van der Waals surface area (Å²) in [6, 6.07) is 1.85. The number of furan rings is 1. The van der Waals surface area contributed by atoms with Crippen molar-refractivity contribution >= 4 is 17.1 Å². The van der Waals surface area contributed by atoms with Crippen LogP contribution in [0, 0.1) is 0 Å². The number of hydrogen-bond donors (Lipinski definition) is 0. The molecule has 2 aromatic heterocycles. The highest BCUT2D eigenvalue weighted by Gasteiger charge is 2.49. The summed E-state index contributed by atoms with van der Waals surface area (Å²) in [6.07, 6.45) is 5.11. The van der Waals surface area contributed by atoms with E-state index in [0.717, 1.165) is 22.3 Å². The number of methoxy groups -OCH3 is 2. The fourth-order valence-electron chi connectivity index (χ4n) is 3.73. The number of aromatic nitrogens is 1. The van der Waals surface area contributed by atoms with E-state index in [1.165, 1.54) is 6.92 Å². The van der Waals surface area contributed by atoms with Crippen LogP contribution >= 0.6 is 0 Å². The van der Waals surface area contributed by atoms with Gasteiger partial charge in [-0.15, -0.1) is 0 Å². The molecule has 0 fully saturated rings. The SMILES string of the molecule is COc1c2c(nc3occc13)[C@](CC=C(C)C)(OC)[C@@H](OC(C)=O)CC2. The molecule has 26 heavy (non-hydrogen) atoms. The fraction of sp³-hybridized carbons (Fsp3) is 0.500. The van der Waals surface area contributed by atoms with E-state index < -0.39 is 11.7 Å². The summed E-state index contributed by atoms with van der Waals surface area (Å²) in [5.41, 5.74) is 2.46. The van der Waals surface area contributed by atoms with E-state index in [0.29, 0.717) is 30.7 Å². The number of nitrogens with zero attached hydrogens (tertiary/aromatic N) is 1. The molecule has 6 nitrogen and oxygen atoms in total. The molecule has 0 spiro atoms. The molecule has 0 unspecified atom stereocenters. The second-order valence-electron chi connectivity index (χ2n) is 6.83. The number of rotatable bonds is 5. The van der Waals surface area contributed by atoms with Crippen molar-refractivity contribution in [1.82, 2.24) is 4.98 Å². The number of hydrogen-bond acceptors (Lipinski definition) is 6. The molecule has 0 bridgehead atoms. The van der Waals surface area contributed by atoms with E-state index in [1.807, 2.05) is 19.9 Å². The second-order valence-corrected chi connectivity index (χ2v) is 6.83. The monoisotopic (exact) mass is 359 g/mol. The van der Waals surface area contributed by atoms with Gasteiger partial charge in [0.05, 0.1) is 24.5 Å². The first-order chi connectivity index (χ1) is 12.4. The molecule has 2 heterocycles. The normalized spacial score (nSPS) is 22.0. The molecule has 0 radical (unpaired) electrons. The van der Waals surface area contributed by atoms with Crippen LogP contribution in [0.2, 0.25) is 0 Å². The van der Waals surface area contributed by atoms with Crippen LogP contribution in [0.5, 0.6) is 5.75 Å². The lowest BCUT2D eigenvalue weighted by Gasteiger charge is -2.42. The predicted molar refractivity (Wildman–Crippen MR) is 97.2 cm³/mol. The Morgan fingerprint density at radius 2 is 2.15 bits per heavy atom. The Kier molecular flexibility index (Phi) is 5.05. The molecular weight excluding hydrogens is 334 g/mol. The summed E-state index contributed by atoms with van der Waals surface area (Å²) in [5.74, 6) is 0.418. The maximum absolute atomic E-state index is 11.7. The van der Waals surface area contributed by atoms with Gasteiger partial charge in [0.2, 0.25) is 5.71 Å². The summed E-state index contributed by atoms with van der Waals surface area (Å²) >= 11 is 0. The molecule has 140 valence electrons. The molecule has 1 aliphatic carbocycles. The van der Waals surface area contributed by atoms with Crippen molar-refractivity contribution in [2.24, 2.45) is 0 Å². The van der Waals surface area contributed by atoms with Gasteiger partial charge in [-0.25, -0.2) is 4.98 Å². The van der Waals surface area contributed by atoms with Crippen LogP contribution in [-0.4, -0.2) is 31.3 Å². The highest BCUT2D eigenvalue weighted by atomic mass is 16.6. The van der Waals surface area contributed by atoms with Crippen molar-refractivity contribution in [2.75, 3.05) is 14.2 Å². The van der Waals surface area contributed by atoms with Crippen LogP contribution in [0.3, 0.4) is 0 Å². The van der Waals surface area contributed by atoms with Gasteiger partial charge >= 0.3 is 5.97 Å². The highest BCUT2D eigenvalue weighted by Crippen LogP contribution is 2.46. The fourth-order valence-corrected chi connectivity index (χ4v) is 3.73. The van der Waals surface area contributed by atoms with E-state index in [9.17, 15) is 4.79 Å². The maximum Gasteiger partial charge on any atom is 0.303 e. The minimum atomic E-state index is -0.884. The standard InChI is InChI=1S/C20H25NO5/c1-12(2)8-10-20(24-5)16(26-13(3)22)7-6-14-17(23-4)15-9-11-25-19(15)21-18(14)20/h8-9,11,16H,6-7,10H2,1-5H3/t16-,20+/m0/s1. The number of pyridine rings is 1. The van der Waals surface area contributed by atoms with Crippen molar-refractivity contribution in [3.05, 3.63) is 35.2 Å². The van der Waals surface area contributed by atoms with Gasteiger partial charge in [0.15, 0.2) is 5.60 Å². The number of ether oxygens (including phenoxy) is 3. The van der Waals surface area contributed by atoms with Gasteiger partial charge in [-0.1, -0.05) is 11.6 Å². The van der Waals surface area contributed by atoms with E-state index >= 15 is 0 Å². The van der Waals surface area contributed by atoms with Crippen molar-refractivity contribution in [1.29, 1.82) is 0 Å². The zero-order valence-electron chi connectivity index (χ0n) is 15.9. The molecule has 3 rings (SSSR count). The summed E-state index contributed by atoms with van der Waals surface area (Å²) in [7, 11) is 3.27. The molecule has 0 aliphatic heterocycles. The van der Waals surface area contributed by atoms with Crippen molar-refractivity contribution in [3.8, 4) is 5.75 Å². The first-order valence-electron chi connectivity index (χ1n) is 8.73. The van der Waals surface area contributed by atoms with Crippen LogP contribution in [0.15, 0.2) is 28.4 Å². The van der Waals surface area contributed by atoms with E-state index in [2.05, 4.69) is 6.08 Å². The van der Waals surface area contributed by atoms with Crippen LogP contribution in [0.1, 0.15) is 44.9 Å². The van der Waals surface area contributed by atoms with E-state index in [4.69, 9.17) is 23.6 Å². The number of carbonyl (C=O) groups excluding carboxylic acids is 1. The third-order valence-corrected chi connectivity index (χ3v) is 4.93. The third kappa shape index (κ3) is 2.98. The minimum absolute atomic E-state index is 0.330. The molecular formula is C20H25NO5.